The summed E-state index contributed by atoms with van der Waals surface area (Å²) in [5.41, 5.74) is 0. The van der Waals surface area contributed by atoms with Gasteiger partial charge in [-0.15, -0.1) is 0 Å². The molecule has 2 nitrogen and oxygen atoms in total. The smallest absolute Gasteiger partial charge is 0.209 e. The number of hydrogen-bond acceptors (Lipinski definition) is 2. The van der Waals surface area contributed by atoms with E-state index in [1.165, 1.54) is 6.79 Å². The average molecular weight is 101 g/mol. The van der Waals surface area contributed by atoms with E-state index in [0.29, 0.717) is 6.10 Å². The molecule has 1 unspecified atom stereocenters. The molecule has 1 atom stereocenters. The van der Waals surface area contributed by atoms with Crippen LogP contribution in [-0.4, -0.2) is 12.7 Å². The minimum absolute atomic E-state index is 0.319. The first kappa shape index (κ1) is 5.06. The summed E-state index contributed by atoms with van der Waals surface area (Å²) >= 11 is 0. The molecule has 1 rings (SSSR count). The summed E-state index contributed by atoms with van der Waals surface area (Å²) in [5, 5.41) is 0. The minimum atomic E-state index is 0.319. The summed E-state index contributed by atoms with van der Waals surface area (Å²) in [6.45, 7) is 4.22. The molecule has 1 radical (unpaired) electrons. The maximum atomic E-state index is 4.95. The third-order valence-corrected chi connectivity index (χ3v) is 1.05. The van der Waals surface area contributed by atoms with Crippen molar-refractivity contribution in [1.29, 1.82) is 0 Å². The second-order valence-electron chi connectivity index (χ2n) is 1.60. The Bertz CT molecular complexity index is 48.0. The van der Waals surface area contributed by atoms with Gasteiger partial charge >= 0.3 is 0 Å². The van der Waals surface area contributed by atoms with Gasteiger partial charge in [0.2, 0.25) is 6.79 Å². The Balaban J connectivity index is 2.14. The summed E-state index contributed by atoms with van der Waals surface area (Å²) in [6, 6.07) is 0. The Morgan fingerprint density at radius 1 is 1.86 bits per heavy atom. The normalized spacial score (nSPS) is 31.3. The van der Waals surface area contributed by atoms with E-state index in [1.54, 1.807) is 0 Å². The fourth-order valence-electron chi connectivity index (χ4n) is 0.518. The van der Waals surface area contributed by atoms with E-state index < -0.39 is 0 Å². The molecule has 0 amide bonds. The Kier molecular flexibility index (Phi) is 1.65. The molecule has 2 heteroatoms. The van der Waals surface area contributed by atoms with Gasteiger partial charge in [0.15, 0.2) is 0 Å². The van der Waals surface area contributed by atoms with E-state index >= 15 is 0 Å². The standard InChI is InChI=1S/C5H9O2/c1-2-5-3-6-4-7-5/h4-5H,2-3H2,1H3. The van der Waals surface area contributed by atoms with Crippen molar-refractivity contribution < 1.29 is 9.47 Å². The first-order valence-electron chi connectivity index (χ1n) is 2.52. The predicted octanol–water partition coefficient (Wildman–Crippen LogP) is 0.931. The molecule has 1 aliphatic rings. The van der Waals surface area contributed by atoms with Gasteiger partial charge in [0.1, 0.15) is 0 Å². The van der Waals surface area contributed by atoms with Gasteiger partial charge in [-0.2, -0.15) is 0 Å². The molecule has 0 aromatic rings. The largest absolute Gasteiger partial charge is 0.345 e. The van der Waals surface area contributed by atoms with Gasteiger partial charge in [-0.3, -0.25) is 0 Å². The molecule has 41 valence electrons. The van der Waals surface area contributed by atoms with Crippen LogP contribution < -0.4 is 0 Å². The summed E-state index contributed by atoms with van der Waals surface area (Å²) in [7, 11) is 0. The van der Waals surface area contributed by atoms with Crippen LogP contribution in [-0.2, 0) is 9.47 Å². The molecule has 0 aliphatic carbocycles. The molecular weight excluding hydrogens is 92.1 g/mol. The highest BCUT2D eigenvalue weighted by atomic mass is 16.7. The highest BCUT2D eigenvalue weighted by Gasteiger charge is 2.12. The highest BCUT2D eigenvalue weighted by Crippen LogP contribution is 2.08. The van der Waals surface area contributed by atoms with Crippen LogP contribution in [0.3, 0.4) is 0 Å². The van der Waals surface area contributed by atoms with Crippen molar-refractivity contribution >= 4 is 0 Å². The number of hydrogen-bond donors (Lipinski definition) is 0. The van der Waals surface area contributed by atoms with Crippen LogP contribution in [0.25, 0.3) is 0 Å². The fraction of sp³-hybridized carbons (Fsp3) is 0.800. The zero-order valence-corrected chi connectivity index (χ0v) is 4.39. The van der Waals surface area contributed by atoms with Gasteiger partial charge in [-0.25, -0.2) is 0 Å². The van der Waals surface area contributed by atoms with Crippen LogP contribution in [0.1, 0.15) is 13.3 Å². The zero-order chi connectivity index (χ0) is 5.11. The van der Waals surface area contributed by atoms with Crippen molar-refractivity contribution in [2.75, 3.05) is 6.61 Å². The number of rotatable bonds is 1. The predicted molar refractivity (Wildman–Crippen MR) is 25.4 cm³/mol. The fourth-order valence-corrected chi connectivity index (χ4v) is 0.518. The molecule has 0 N–H and O–H groups in total. The van der Waals surface area contributed by atoms with Gasteiger partial charge in [-0.05, 0) is 6.42 Å². The summed E-state index contributed by atoms with van der Waals surface area (Å²) in [5.74, 6) is 0. The second kappa shape index (κ2) is 2.28. The molecule has 0 spiro atoms. The van der Waals surface area contributed by atoms with Gasteiger partial charge in [0.05, 0.1) is 12.7 Å². The maximum Gasteiger partial charge on any atom is 0.209 e. The molecular formula is C5H9O2. The first-order valence-corrected chi connectivity index (χ1v) is 2.52. The van der Waals surface area contributed by atoms with Crippen molar-refractivity contribution in [2.45, 2.75) is 19.4 Å². The van der Waals surface area contributed by atoms with Gasteiger partial charge in [-0.1, -0.05) is 6.92 Å². The van der Waals surface area contributed by atoms with Crippen molar-refractivity contribution in [3.05, 3.63) is 6.79 Å². The van der Waals surface area contributed by atoms with E-state index in [2.05, 4.69) is 6.92 Å². The van der Waals surface area contributed by atoms with Crippen LogP contribution in [0.15, 0.2) is 0 Å². The van der Waals surface area contributed by atoms with E-state index in [9.17, 15) is 0 Å². The summed E-state index contributed by atoms with van der Waals surface area (Å²) in [6.07, 6.45) is 1.36. The molecule has 7 heavy (non-hydrogen) atoms. The lowest BCUT2D eigenvalue weighted by molar-refractivity contribution is 0.126. The summed E-state index contributed by atoms with van der Waals surface area (Å²) in [4.78, 5) is 0. The van der Waals surface area contributed by atoms with Crippen molar-refractivity contribution in [2.24, 2.45) is 0 Å². The van der Waals surface area contributed by atoms with Crippen LogP contribution in [0.5, 0.6) is 0 Å². The highest BCUT2D eigenvalue weighted by molar-refractivity contribution is 4.59. The molecule has 1 heterocycles. The molecule has 0 aromatic carbocycles. The van der Waals surface area contributed by atoms with Gasteiger partial charge in [0.25, 0.3) is 0 Å². The first-order chi connectivity index (χ1) is 3.43. The second-order valence-corrected chi connectivity index (χ2v) is 1.60. The zero-order valence-electron chi connectivity index (χ0n) is 4.39. The van der Waals surface area contributed by atoms with Crippen molar-refractivity contribution in [3.8, 4) is 0 Å². The third-order valence-electron chi connectivity index (χ3n) is 1.05. The lowest BCUT2D eigenvalue weighted by Crippen LogP contribution is -2.05. The molecule has 0 aromatic heterocycles. The van der Waals surface area contributed by atoms with Crippen LogP contribution in [0, 0.1) is 6.79 Å². The SMILES string of the molecule is CCC1CO[CH]O1. The Hall–Kier alpha value is -0.0800. The minimum Gasteiger partial charge on any atom is -0.345 e. The maximum absolute atomic E-state index is 4.95. The Morgan fingerprint density at radius 2 is 2.71 bits per heavy atom. The lowest BCUT2D eigenvalue weighted by atomic mass is 10.3. The van der Waals surface area contributed by atoms with Crippen LogP contribution in [0.2, 0.25) is 0 Å². The van der Waals surface area contributed by atoms with E-state index in [1.807, 2.05) is 0 Å². The van der Waals surface area contributed by atoms with E-state index in [0.717, 1.165) is 13.0 Å². The molecule has 1 aliphatic heterocycles. The molecule has 0 saturated carbocycles. The topological polar surface area (TPSA) is 18.5 Å². The quantitative estimate of drug-likeness (QED) is 0.489. The van der Waals surface area contributed by atoms with E-state index in [-0.39, 0.29) is 0 Å². The monoisotopic (exact) mass is 101 g/mol. The molecule has 0 bridgehead atoms. The van der Waals surface area contributed by atoms with Crippen LogP contribution >= 0.6 is 0 Å². The van der Waals surface area contributed by atoms with Crippen molar-refractivity contribution in [3.63, 3.8) is 0 Å². The summed E-state index contributed by atoms with van der Waals surface area (Å²) < 4.78 is 9.76. The molecule has 1 fully saturated rings. The lowest BCUT2D eigenvalue weighted by Gasteiger charge is -1.97. The molecule has 1 saturated heterocycles. The van der Waals surface area contributed by atoms with E-state index in [4.69, 9.17) is 9.47 Å². The van der Waals surface area contributed by atoms with Crippen molar-refractivity contribution in [1.82, 2.24) is 0 Å². The van der Waals surface area contributed by atoms with Crippen LogP contribution in [0.4, 0.5) is 0 Å². The van der Waals surface area contributed by atoms with Gasteiger partial charge in [0, 0.05) is 0 Å². The Morgan fingerprint density at radius 3 is 3.00 bits per heavy atom. The Labute approximate surface area is 43.4 Å². The average Bonchev–Trinajstić information content (AvgIpc) is 2.14. The van der Waals surface area contributed by atoms with Gasteiger partial charge < -0.3 is 9.47 Å². The number of ether oxygens (including phenoxy) is 2. The third kappa shape index (κ3) is 1.14.